The van der Waals surface area contributed by atoms with E-state index >= 15 is 0 Å². The van der Waals surface area contributed by atoms with E-state index < -0.39 is 86.8 Å². The van der Waals surface area contributed by atoms with Crippen LogP contribution in [0.3, 0.4) is 0 Å². The van der Waals surface area contributed by atoms with Crippen LogP contribution in [-0.4, -0.2) is 140 Å². The van der Waals surface area contributed by atoms with E-state index in [1.165, 1.54) is 405 Å². The van der Waals surface area contributed by atoms with Crippen molar-refractivity contribution < 1.29 is 64.6 Å². The average molecular weight is 1490 g/mol. The molecular weight excluding hydrogens is 1310 g/mol. The Bertz CT molecular complexity index is 1810. The molecule has 0 saturated carbocycles. The van der Waals surface area contributed by atoms with Crippen LogP contribution in [-0.2, 0) is 23.7 Å². The summed E-state index contributed by atoms with van der Waals surface area (Å²) in [6.45, 7) is 2.89. The third-order valence-corrected chi connectivity index (χ3v) is 23.2. The van der Waals surface area contributed by atoms with Gasteiger partial charge in [0.15, 0.2) is 12.6 Å². The van der Waals surface area contributed by atoms with Crippen LogP contribution in [0.5, 0.6) is 0 Å². The molecule has 105 heavy (non-hydrogen) atoms. The smallest absolute Gasteiger partial charge is 0.220 e. The van der Waals surface area contributed by atoms with Gasteiger partial charge in [0.25, 0.3) is 0 Å². The van der Waals surface area contributed by atoms with E-state index in [1.54, 1.807) is 6.08 Å². The number of carbonyl (C=O) groups excluding carboxylic acids is 1. The number of rotatable bonds is 81. The molecule has 2 aliphatic rings. The van der Waals surface area contributed by atoms with Crippen molar-refractivity contribution >= 4 is 5.91 Å². The Balaban J connectivity index is 1.53. The maximum atomic E-state index is 13.4. The highest BCUT2D eigenvalue weighted by atomic mass is 16.7. The molecule has 9 N–H and O–H groups in total. The lowest BCUT2D eigenvalue weighted by atomic mass is 9.97. The number of allylic oxidation sites excluding steroid dienone is 1. The molecule has 2 rings (SSSR count). The number of amides is 1. The van der Waals surface area contributed by atoms with Gasteiger partial charge < -0.3 is 65.1 Å². The van der Waals surface area contributed by atoms with Crippen LogP contribution >= 0.6 is 0 Å². The maximum Gasteiger partial charge on any atom is 0.220 e. The fourth-order valence-corrected chi connectivity index (χ4v) is 16.0. The van der Waals surface area contributed by atoms with Crippen LogP contribution in [0, 0.1) is 0 Å². The highest BCUT2D eigenvalue weighted by molar-refractivity contribution is 5.76. The molecule has 0 aliphatic carbocycles. The molecule has 1 amide bonds. The second kappa shape index (κ2) is 75.4. The zero-order valence-corrected chi connectivity index (χ0v) is 69.0. The highest BCUT2D eigenvalue weighted by Gasteiger charge is 2.51. The molecule has 12 atom stereocenters. The van der Waals surface area contributed by atoms with E-state index in [-0.39, 0.29) is 18.9 Å². The van der Waals surface area contributed by atoms with Crippen molar-refractivity contribution in [3.8, 4) is 0 Å². The topological polar surface area (TPSA) is 228 Å². The summed E-state index contributed by atoms with van der Waals surface area (Å²) in [5.74, 6) is -0.227. The number of aliphatic hydroxyl groups excluding tert-OH is 8. The molecule has 2 aliphatic heterocycles. The van der Waals surface area contributed by atoms with Crippen molar-refractivity contribution in [3.63, 3.8) is 0 Å². The van der Waals surface area contributed by atoms with Crippen LogP contribution < -0.4 is 5.32 Å². The van der Waals surface area contributed by atoms with Crippen molar-refractivity contribution in [2.45, 2.75) is 543 Å². The zero-order valence-electron chi connectivity index (χ0n) is 69.0. The molecule has 14 heteroatoms. The van der Waals surface area contributed by atoms with Crippen LogP contribution in [0.15, 0.2) is 12.2 Å². The fraction of sp³-hybridized carbons (Fsp3) is 0.967. The van der Waals surface area contributed by atoms with Crippen molar-refractivity contribution in [1.82, 2.24) is 5.32 Å². The summed E-state index contributed by atoms with van der Waals surface area (Å²) >= 11 is 0. The first kappa shape index (κ1) is 99.8. The van der Waals surface area contributed by atoms with Gasteiger partial charge in [-0.15, -0.1) is 0 Å². The van der Waals surface area contributed by atoms with Crippen molar-refractivity contribution in [3.05, 3.63) is 12.2 Å². The Morgan fingerprint density at radius 2 is 0.590 bits per heavy atom. The first-order valence-corrected chi connectivity index (χ1v) is 46.4. The summed E-state index contributed by atoms with van der Waals surface area (Å²) in [4.78, 5) is 13.4. The van der Waals surface area contributed by atoms with Crippen LogP contribution in [0.4, 0.5) is 0 Å². The van der Waals surface area contributed by atoms with Crippen LogP contribution in [0.25, 0.3) is 0 Å². The molecule has 0 radical (unpaired) electrons. The lowest BCUT2D eigenvalue weighted by Gasteiger charge is -2.46. The molecule has 0 spiro atoms. The molecule has 0 bridgehead atoms. The van der Waals surface area contributed by atoms with Gasteiger partial charge in [-0.2, -0.15) is 0 Å². The quantitative estimate of drug-likeness (QED) is 0.0204. The third-order valence-electron chi connectivity index (χ3n) is 23.2. The van der Waals surface area contributed by atoms with Gasteiger partial charge >= 0.3 is 0 Å². The summed E-state index contributed by atoms with van der Waals surface area (Å²) in [6.07, 6.45) is 82.1. The van der Waals surface area contributed by atoms with Gasteiger partial charge in [0.2, 0.25) is 5.91 Å². The van der Waals surface area contributed by atoms with Gasteiger partial charge in [-0.3, -0.25) is 4.79 Å². The molecule has 2 heterocycles. The van der Waals surface area contributed by atoms with Crippen LogP contribution in [0.1, 0.15) is 470 Å². The van der Waals surface area contributed by atoms with E-state index in [0.29, 0.717) is 0 Å². The molecule has 14 nitrogen and oxygen atoms in total. The van der Waals surface area contributed by atoms with Crippen molar-refractivity contribution in [2.24, 2.45) is 0 Å². The summed E-state index contributed by atoms with van der Waals surface area (Å²) in [5.41, 5.74) is 0. The molecular formula is C91H177NO13. The normalized spacial score (nSPS) is 21.3. The standard InChI is InChI=1S/C91H177NO13/c1-3-5-7-9-11-13-15-17-19-21-23-25-27-29-31-33-35-36-37-38-39-40-41-42-43-44-45-47-49-51-53-55-57-59-61-63-65-67-69-71-73-75-83(96)92-79(78-102-90-88(101)86(99)89(82(77-94)104-90)105-91-87(100)85(98)84(97)81(76-93)103-91)80(95)74-72-70-68-66-64-62-60-58-56-54-52-50-48-46-34-32-30-28-26-24-22-20-18-16-14-12-10-8-6-4-2/h72,74,79-82,84-91,93-95,97-101H,3-71,73,75-78H2,1-2H3,(H,92,96)/b74-72+. The summed E-state index contributed by atoms with van der Waals surface area (Å²) in [6, 6.07) is -0.913. The third kappa shape index (κ3) is 57.4. The first-order valence-electron chi connectivity index (χ1n) is 46.4. The van der Waals surface area contributed by atoms with Gasteiger partial charge in [-0.1, -0.05) is 456 Å². The summed E-state index contributed by atoms with van der Waals surface area (Å²) in [7, 11) is 0. The molecule has 2 saturated heterocycles. The Kier molecular flexibility index (Phi) is 71.7. The Morgan fingerprint density at radius 3 is 0.876 bits per heavy atom. The molecule has 2 fully saturated rings. The minimum Gasteiger partial charge on any atom is -0.394 e. The van der Waals surface area contributed by atoms with Crippen LogP contribution in [0.2, 0.25) is 0 Å². The first-order chi connectivity index (χ1) is 51.6. The molecule has 12 unspecified atom stereocenters. The SMILES string of the molecule is CCCCCCCCCCCCCCCCCCCCCCCCCCCCCC/C=C/C(O)C(COC1OC(CO)C(OC2OC(CO)C(O)C(O)C2O)C(O)C1O)NC(=O)CCCCCCCCCCCCCCCCCCCCCCCCCCCCCCCCCCCCCCCCCCC. The van der Waals surface area contributed by atoms with E-state index in [4.69, 9.17) is 18.9 Å². The summed E-state index contributed by atoms with van der Waals surface area (Å²) in [5, 5.41) is 87.9. The zero-order chi connectivity index (χ0) is 75.8. The second-order valence-electron chi connectivity index (χ2n) is 33.2. The van der Waals surface area contributed by atoms with E-state index in [9.17, 15) is 45.6 Å². The number of nitrogens with one attached hydrogen (secondary N) is 1. The largest absolute Gasteiger partial charge is 0.394 e. The maximum absolute atomic E-state index is 13.4. The number of unbranched alkanes of at least 4 members (excludes halogenated alkanes) is 68. The van der Waals surface area contributed by atoms with Crippen molar-refractivity contribution in [2.75, 3.05) is 19.8 Å². The molecule has 0 aromatic heterocycles. The van der Waals surface area contributed by atoms with Gasteiger partial charge in [-0.25, -0.2) is 0 Å². The lowest BCUT2D eigenvalue weighted by Crippen LogP contribution is -2.65. The van der Waals surface area contributed by atoms with E-state index in [2.05, 4.69) is 19.2 Å². The lowest BCUT2D eigenvalue weighted by molar-refractivity contribution is -0.359. The fourth-order valence-electron chi connectivity index (χ4n) is 16.0. The Hall–Kier alpha value is -1.27. The van der Waals surface area contributed by atoms with Gasteiger partial charge in [0, 0.05) is 6.42 Å². The number of aliphatic hydroxyl groups is 8. The monoisotopic (exact) mass is 1490 g/mol. The minimum atomic E-state index is -1.79. The predicted octanol–water partition coefficient (Wildman–Crippen LogP) is 22.8. The van der Waals surface area contributed by atoms with E-state index in [1.807, 2.05) is 6.08 Å². The van der Waals surface area contributed by atoms with E-state index in [0.717, 1.165) is 44.9 Å². The Morgan fingerprint density at radius 1 is 0.333 bits per heavy atom. The number of carbonyl (C=O) groups is 1. The van der Waals surface area contributed by atoms with Gasteiger partial charge in [-0.05, 0) is 19.3 Å². The predicted molar refractivity (Wildman–Crippen MR) is 439 cm³/mol. The Labute approximate surface area is 647 Å². The average Bonchev–Trinajstić information content (AvgIpc) is 0.786. The number of hydrogen-bond donors (Lipinski definition) is 9. The van der Waals surface area contributed by atoms with Gasteiger partial charge in [0.05, 0.1) is 32.0 Å². The minimum absolute atomic E-state index is 0.227. The summed E-state index contributed by atoms with van der Waals surface area (Å²) < 4.78 is 23.0. The number of hydrogen-bond acceptors (Lipinski definition) is 13. The molecule has 0 aromatic rings. The highest BCUT2D eigenvalue weighted by Crippen LogP contribution is 2.31. The molecule has 0 aromatic carbocycles. The molecule has 624 valence electrons. The number of ether oxygens (including phenoxy) is 4. The van der Waals surface area contributed by atoms with Gasteiger partial charge in [0.1, 0.15) is 48.8 Å². The van der Waals surface area contributed by atoms with Crippen molar-refractivity contribution in [1.29, 1.82) is 0 Å². The second-order valence-corrected chi connectivity index (χ2v) is 33.2.